The summed E-state index contributed by atoms with van der Waals surface area (Å²) in [5, 5.41) is 11.0. The molecule has 1 aliphatic heterocycles. The summed E-state index contributed by atoms with van der Waals surface area (Å²) in [7, 11) is 2.11. The average molecular weight is 263 g/mol. The van der Waals surface area contributed by atoms with E-state index in [4.69, 9.17) is 4.74 Å². The molecule has 0 spiro atoms. The van der Waals surface area contributed by atoms with Gasteiger partial charge >= 0.3 is 0 Å². The van der Waals surface area contributed by atoms with E-state index >= 15 is 0 Å². The molecular formula is C16H25NO2. The third-order valence-electron chi connectivity index (χ3n) is 4.01. The zero-order chi connectivity index (χ0) is 14.0. The van der Waals surface area contributed by atoms with Gasteiger partial charge in [-0.05, 0) is 46.7 Å². The fraction of sp³-hybridized carbons (Fsp3) is 0.625. The summed E-state index contributed by atoms with van der Waals surface area (Å²) >= 11 is 0. The van der Waals surface area contributed by atoms with Crippen molar-refractivity contribution in [3.63, 3.8) is 0 Å². The minimum absolute atomic E-state index is 0.119. The molecule has 0 saturated carbocycles. The standard InChI is InChI=1S/C16H25NO2/c1-12(2)19-15-8-6-5-7-14(15)16(18)9-10-17(4)13(3)11-16/h5-8,12-13,18H,9-11H2,1-4H3. The molecule has 1 fully saturated rings. The molecule has 0 amide bonds. The number of hydrogen-bond acceptors (Lipinski definition) is 3. The molecule has 1 aromatic carbocycles. The van der Waals surface area contributed by atoms with Crippen molar-refractivity contribution in [3.05, 3.63) is 29.8 Å². The first kappa shape index (κ1) is 14.4. The van der Waals surface area contributed by atoms with Crippen LogP contribution in [0.5, 0.6) is 5.75 Å². The topological polar surface area (TPSA) is 32.7 Å². The number of piperidine rings is 1. The Morgan fingerprint density at radius 3 is 2.68 bits per heavy atom. The second-order valence-electron chi connectivity index (χ2n) is 5.98. The minimum atomic E-state index is -0.766. The smallest absolute Gasteiger partial charge is 0.125 e. The van der Waals surface area contributed by atoms with Gasteiger partial charge in [0.25, 0.3) is 0 Å². The van der Waals surface area contributed by atoms with Crippen molar-refractivity contribution >= 4 is 0 Å². The maximum absolute atomic E-state index is 11.0. The van der Waals surface area contributed by atoms with Gasteiger partial charge in [-0.3, -0.25) is 0 Å². The molecule has 0 radical (unpaired) electrons. The van der Waals surface area contributed by atoms with E-state index in [1.807, 2.05) is 38.1 Å². The highest BCUT2D eigenvalue weighted by Crippen LogP contribution is 2.39. The Balaban J connectivity index is 2.30. The summed E-state index contributed by atoms with van der Waals surface area (Å²) in [5.41, 5.74) is 0.167. The maximum atomic E-state index is 11.0. The first-order valence-electron chi connectivity index (χ1n) is 7.11. The van der Waals surface area contributed by atoms with Crippen molar-refractivity contribution in [1.29, 1.82) is 0 Å². The van der Waals surface area contributed by atoms with Crippen LogP contribution >= 0.6 is 0 Å². The normalized spacial score (nSPS) is 28.6. The number of nitrogens with zero attached hydrogens (tertiary/aromatic N) is 1. The molecule has 19 heavy (non-hydrogen) atoms. The van der Waals surface area contributed by atoms with Crippen molar-refractivity contribution in [2.75, 3.05) is 13.6 Å². The Morgan fingerprint density at radius 1 is 1.37 bits per heavy atom. The van der Waals surface area contributed by atoms with Gasteiger partial charge in [-0.2, -0.15) is 0 Å². The molecule has 0 aliphatic carbocycles. The highest BCUT2D eigenvalue weighted by molar-refractivity contribution is 5.38. The number of hydrogen-bond donors (Lipinski definition) is 1. The number of aliphatic hydroxyl groups is 1. The molecule has 106 valence electrons. The van der Waals surface area contributed by atoms with Crippen LogP contribution in [-0.2, 0) is 5.60 Å². The van der Waals surface area contributed by atoms with Crippen molar-refractivity contribution in [2.45, 2.75) is 51.4 Å². The van der Waals surface area contributed by atoms with Crippen molar-refractivity contribution < 1.29 is 9.84 Å². The number of likely N-dealkylation sites (tertiary alicyclic amines) is 1. The highest BCUT2D eigenvalue weighted by atomic mass is 16.5. The molecule has 2 rings (SSSR count). The monoisotopic (exact) mass is 263 g/mol. The summed E-state index contributed by atoms with van der Waals surface area (Å²) in [6.07, 6.45) is 1.63. The van der Waals surface area contributed by atoms with Gasteiger partial charge in [-0.15, -0.1) is 0 Å². The van der Waals surface area contributed by atoms with Crippen LogP contribution in [-0.4, -0.2) is 35.7 Å². The van der Waals surface area contributed by atoms with Crippen LogP contribution in [0.25, 0.3) is 0 Å². The van der Waals surface area contributed by atoms with Gasteiger partial charge < -0.3 is 14.7 Å². The summed E-state index contributed by atoms with van der Waals surface area (Å²) in [6.45, 7) is 7.10. The van der Waals surface area contributed by atoms with Crippen molar-refractivity contribution in [2.24, 2.45) is 0 Å². The van der Waals surface area contributed by atoms with Gasteiger partial charge in [0.05, 0.1) is 11.7 Å². The third-order valence-corrected chi connectivity index (χ3v) is 4.01. The number of rotatable bonds is 3. The summed E-state index contributed by atoms with van der Waals surface area (Å²) in [5.74, 6) is 0.816. The number of para-hydroxylation sites is 1. The third kappa shape index (κ3) is 3.10. The Morgan fingerprint density at radius 2 is 2.05 bits per heavy atom. The lowest BCUT2D eigenvalue weighted by molar-refractivity contribution is -0.0428. The Hall–Kier alpha value is -1.06. The van der Waals surface area contributed by atoms with Gasteiger partial charge in [0.1, 0.15) is 5.75 Å². The molecule has 1 heterocycles. The van der Waals surface area contributed by atoms with Crippen molar-refractivity contribution in [3.8, 4) is 5.75 Å². The lowest BCUT2D eigenvalue weighted by atomic mass is 9.81. The quantitative estimate of drug-likeness (QED) is 0.910. The molecule has 1 saturated heterocycles. The molecular weight excluding hydrogens is 238 g/mol. The lowest BCUT2D eigenvalue weighted by Crippen LogP contribution is -2.46. The number of benzene rings is 1. The number of ether oxygens (including phenoxy) is 1. The highest BCUT2D eigenvalue weighted by Gasteiger charge is 2.38. The summed E-state index contributed by atoms with van der Waals surface area (Å²) < 4.78 is 5.85. The van der Waals surface area contributed by atoms with Crippen LogP contribution in [0.4, 0.5) is 0 Å². The Bertz CT molecular complexity index is 433. The van der Waals surface area contributed by atoms with E-state index in [0.29, 0.717) is 6.04 Å². The maximum Gasteiger partial charge on any atom is 0.125 e. The molecule has 0 aromatic heterocycles. The largest absolute Gasteiger partial charge is 0.491 e. The first-order valence-corrected chi connectivity index (χ1v) is 7.11. The van der Waals surface area contributed by atoms with Gasteiger partial charge in [0.15, 0.2) is 0 Å². The van der Waals surface area contributed by atoms with Crippen LogP contribution in [0.2, 0.25) is 0 Å². The second kappa shape index (κ2) is 5.51. The molecule has 1 aliphatic rings. The minimum Gasteiger partial charge on any atom is -0.491 e. The van der Waals surface area contributed by atoms with E-state index in [1.165, 1.54) is 0 Å². The van der Waals surface area contributed by atoms with Crippen LogP contribution in [0.3, 0.4) is 0 Å². The Kier molecular flexibility index (Phi) is 4.16. The average Bonchev–Trinajstić information content (AvgIpc) is 2.34. The van der Waals surface area contributed by atoms with E-state index in [2.05, 4.69) is 18.9 Å². The lowest BCUT2D eigenvalue weighted by Gasteiger charge is -2.41. The zero-order valence-corrected chi connectivity index (χ0v) is 12.4. The van der Waals surface area contributed by atoms with E-state index < -0.39 is 5.60 Å². The van der Waals surface area contributed by atoms with Crippen molar-refractivity contribution in [1.82, 2.24) is 4.90 Å². The summed E-state index contributed by atoms with van der Waals surface area (Å²) in [4.78, 5) is 2.29. The van der Waals surface area contributed by atoms with Crippen LogP contribution < -0.4 is 4.74 Å². The van der Waals surface area contributed by atoms with E-state index in [-0.39, 0.29) is 6.10 Å². The van der Waals surface area contributed by atoms with Gasteiger partial charge in [0.2, 0.25) is 0 Å². The van der Waals surface area contributed by atoms with E-state index in [0.717, 1.165) is 30.7 Å². The Labute approximate surface area is 116 Å². The first-order chi connectivity index (χ1) is 8.92. The van der Waals surface area contributed by atoms with E-state index in [1.54, 1.807) is 0 Å². The van der Waals surface area contributed by atoms with Gasteiger partial charge in [-0.25, -0.2) is 0 Å². The molecule has 1 N–H and O–H groups in total. The molecule has 2 unspecified atom stereocenters. The fourth-order valence-electron chi connectivity index (χ4n) is 2.78. The molecule has 1 aromatic rings. The van der Waals surface area contributed by atoms with Gasteiger partial charge in [0, 0.05) is 18.2 Å². The van der Waals surface area contributed by atoms with Crippen LogP contribution in [0.1, 0.15) is 39.2 Å². The van der Waals surface area contributed by atoms with E-state index in [9.17, 15) is 5.11 Å². The SMILES string of the molecule is CC(C)Oc1ccccc1C1(O)CCN(C)C(C)C1. The molecule has 0 bridgehead atoms. The van der Waals surface area contributed by atoms with Crippen LogP contribution in [0, 0.1) is 0 Å². The second-order valence-corrected chi connectivity index (χ2v) is 5.98. The molecule has 3 nitrogen and oxygen atoms in total. The predicted molar refractivity (Wildman–Crippen MR) is 77.4 cm³/mol. The van der Waals surface area contributed by atoms with Gasteiger partial charge in [-0.1, -0.05) is 18.2 Å². The fourth-order valence-corrected chi connectivity index (χ4v) is 2.78. The zero-order valence-electron chi connectivity index (χ0n) is 12.4. The summed E-state index contributed by atoms with van der Waals surface area (Å²) in [6, 6.07) is 8.27. The van der Waals surface area contributed by atoms with Crippen LogP contribution in [0.15, 0.2) is 24.3 Å². The predicted octanol–water partition coefficient (Wildman–Crippen LogP) is 2.78. The molecule has 2 atom stereocenters. The molecule has 3 heteroatoms.